The molecule has 21 heavy (non-hydrogen) atoms. The third kappa shape index (κ3) is 4.23. The summed E-state index contributed by atoms with van der Waals surface area (Å²) in [7, 11) is 0. The third-order valence-corrected chi connectivity index (χ3v) is 2.72. The van der Waals surface area contributed by atoms with Crippen LogP contribution in [0.1, 0.15) is 20.8 Å². The molecule has 4 nitrogen and oxygen atoms in total. The molecule has 0 aliphatic rings. The SMILES string of the molecule is CC(C)(C)Oc1nc(Nc2cc(Cl)ccc2F)ccc1N. The van der Waals surface area contributed by atoms with Crippen molar-refractivity contribution in [3.63, 3.8) is 0 Å². The van der Waals surface area contributed by atoms with Crippen molar-refractivity contribution in [3.05, 3.63) is 41.2 Å². The number of pyridine rings is 1. The van der Waals surface area contributed by atoms with Gasteiger partial charge in [0, 0.05) is 5.02 Å². The highest BCUT2D eigenvalue weighted by Gasteiger charge is 2.16. The van der Waals surface area contributed by atoms with Crippen molar-refractivity contribution in [2.75, 3.05) is 11.1 Å². The molecule has 0 amide bonds. The zero-order valence-corrected chi connectivity index (χ0v) is 12.8. The summed E-state index contributed by atoms with van der Waals surface area (Å²) in [6.45, 7) is 5.68. The van der Waals surface area contributed by atoms with E-state index in [0.717, 1.165) is 0 Å². The van der Waals surface area contributed by atoms with E-state index in [0.29, 0.717) is 22.4 Å². The van der Waals surface area contributed by atoms with Gasteiger partial charge in [-0.05, 0) is 51.1 Å². The fraction of sp³-hybridized carbons (Fsp3) is 0.267. The molecule has 3 N–H and O–H groups in total. The minimum Gasteiger partial charge on any atom is -0.470 e. The predicted octanol–water partition coefficient (Wildman–Crippen LogP) is 4.38. The lowest BCUT2D eigenvalue weighted by molar-refractivity contribution is 0.125. The van der Waals surface area contributed by atoms with Crippen LogP contribution in [0.3, 0.4) is 0 Å². The molecule has 1 aromatic carbocycles. The summed E-state index contributed by atoms with van der Waals surface area (Å²) in [5.74, 6) is 0.302. The Morgan fingerprint density at radius 2 is 1.95 bits per heavy atom. The zero-order valence-electron chi connectivity index (χ0n) is 12.1. The molecule has 0 atom stereocenters. The number of ether oxygens (including phenoxy) is 1. The van der Waals surface area contributed by atoms with E-state index in [2.05, 4.69) is 10.3 Å². The van der Waals surface area contributed by atoms with Crippen LogP contribution in [0.2, 0.25) is 5.02 Å². The van der Waals surface area contributed by atoms with Crippen LogP contribution < -0.4 is 15.8 Å². The summed E-state index contributed by atoms with van der Waals surface area (Å²) >= 11 is 5.85. The number of hydrogen-bond donors (Lipinski definition) is 2. The average molecular weight is 310 g/mol. The van der Waals surface area contributed by atoms with Crippen LogP contribution in [0, 0.1) is 5.82 Å². The molecule has 0 spiro atoms. The number of benzene rings is 1. The van der Waals surface area contributed by atoms with Crippen molar-refractivity contribution in [1.82, 2.24) is 4.98 Å². The lowest BCUT2D eigenvalue weighted by atomic mass is 10.2. The summed E-state index contributed by atoms with van der Waals surface area (Å²) < 4.78 is 19.4. The minimum atomic E-state index is -0.430. The van der Waals surface area contributed by atoms with Gasteiger partial charge in [-0.2, -0.15) is 4.98 Å². The molecule has 112 valence electrons. The van der Waals surface area contributed by atoms with Gasteiger partial charge in [0.05, 0.1) is 11.4 Å². The van der Waals surface area contributed by atoms with E-state index in [1.54, 1.807) is 12.1 Å². The summed E-state index contributed by atoms with van der Waals surface area (Å²) in [6.07, 6.45) is 0. The van der Waals surface area contributed by atoms with Gasteiger partial charge in [-0.3, -0.25) is 0 Å². The van der Waals surface area contributed by atoms with E-state index >= 15 is 0 Å². The van der Waals surface area contributed by atoms with E-state index in [1.807, 2.05) is 20.8 Å². The smallest absolute Gasteiger partial charge is 0.239 e. The van der Waals surface area contributed by atoms with E-state index in [4.69, 9.17) is 22.1 Å². The number of halogens is 2. The van der Waals surface area contributed by atoms with Gasteiger partial charge in [0.25, 0.3) is 0 Å². The number of anilines is 3. The Bertz CT molecular complexity index is 656. The topological polar surface area (TPSA) is 60.2 Å². The molecule has 0 unspecified atom stereocenters. The maximum atomic E-state index is 13.7. The van der Waals surface area contributed by atoms with Crippen LogP contribution in [-0.4, -0.2) is 10.6 Å². The molecule has 0 fully saturated rings. The first kappa shape index (κ1) is 15.4. The number of rotatable bonds is 3. The molecule has 0 aliphatic heterocycles. The second-order valence-corrected chi connectivity index (χ2v) is 5.99. The highest BCUT2D eigenvalue weighted by atomic mass is 35.5. The Morgan fingerprint density at radius 3 is 2.62 bits per heavy atom. The van der Waals surface area contributed by atoms with E-state index in [-0.39, 0.29) is 5.69 Å². The van der Waals surface area contributed by atoms with E-state index in [1.165, 1.54) is 18.2 Å². The number of nitrogen functional groups attached to an aromatic ring is 1. The second-order valence-electron chi connectivity index (χ2n) is 5.55. The second kappa shape index (κ2) is 5.77. The fourth-order valence-corrected chi connectivity index (χ4v) is 1.80. The van der Waals surface area contributed by atoms with Crippen LogP contribution in [-0.2, 0) is 0 Å². The maximum absolute atomic E-state index is 13.7. The standard InChI is InChI=1S/C15H17ClFN3O/c1-15(2,3)21-14-11(18)6-7-13(20-14)19-12-8-9(16)4-5-10(12)17/h4-8H,18H2,1-3H3,(H,19,20). The normalized spacial score (nSPS) is 11.3. The molecule has 0 bridgehead atoms. The molecule has 0 saturated carbocycles. The first-order chi connectivity index (χ1) is 9.74. The van der Waals surface area contributed by atoms with Crippen LogP contribution in [0.25, 0.3) is 0 Å². The number of nitrogens with zero attached hydrogens (tertiary/aromatic N) is 1. The molecule has 2 rings (SSSR count). The molecule has 0 saturated heterocycles. The van der Waals surface area contributed by atoms with Crippen LogP contribution in [0.4, 0.5) is 21.6 Å². The van der Waals surface area contributed by atoms with E-state index < -0.39 is 11.4 Å². The number of hydrogen-bond acceptors (Lipinski definition) is 4. The zero-order chi connectivity index (χ0) is 15.6. The van der Waals surface area contributed by atoms with Crippen LogP contribution >= 0.6 is 11.6 Å². The molecule has 1 heterocycles. The predicted molar refractivity (Wildman–Crippen MR) is 83.7 cm³/mol. The van der Waals surface area contributed by atoms with Crippen molar-refractivity contribution in [2.24, 2.45) is 0 Å². The quantitative estimate of drug-likeness (QED) is 0.883. The monoisotopic (exact) mass is 309 g/mol. The highest BCUT2D eigenvalue weighted by molar-refractivity contribution is 6.30. The van der Waals surface area contributed by atoms with Gasteiger partial charge in [0.15, 0.2) is 0 Å². The van der Waals surface area contributed by atoms with Crippen molar-refractivity contribution >= 4 is 28.8 Å². The number of nitrogens with two attached hydrogens (primary N) is 1. The first-order valence-corrected chi connectivity index (χ1v) is 6.80. The molecule has 0 aliphatic carbocycles. The Hall–Kier alpha value is -2.01. The summed E-state index contributed by atoms with van der Waals surface area (Å²) in [6, 6.07) is 7.55. The Kier molecular flexibility index (Phi) is 4.23. The molecular weight excluding hydrogens is 293 g/mol. The maximum Gasteiger partial charge on any atom is 0.239 e. The van der Waals surface area contributed by atoms with Crippen LogP contribution in [0.5, 0.6) is 5.88 Å². The first-order valence-electron chi connectivity index (χ1n) is 6.42. The third-order valence-electron chi connectivity index (χ3n) is 2.48. The molecule has 2 aromatic rings. The van der Waals surface area contributed by atoms with Gasteiger partial charge >= 0.3 is 0 Å². The molecule has 1 aromatic heterocycles. The summed E-state index contributed by atoms with van der Waals surface area (Å²) in [5.41, 5.74) is 6.06. The van der Waals surface area contributed by atoms with Gasteiger partial charge in [-0.25, -0.2) is 4.39 Å². The Labute approximate surface area is 128 Å². The summed E-state index contributed by atoms with van der Waals surface area (Å²) in [5, 5.41) is 3.29. The molecular formula is C15H17ClFN3O. The van der Waals surface area contributed by atoms with E-state index in [9.17, 15) is 4.39 Å². The van der Waals surface area contributed by atoms with Gasteiger partial charge in [-0.15, -0.1) is 0 Å². The van der Waals surface area contributed by atoms with Gasteiger partial charge in [0.2, 0.25) is 5.88 Å². The average Bonchev–Trinajstić information content (AvgIpc) is 2.36. The van der Waals surface area contributed by atoms with Crippen molar-refractivity contribution < 1.29 is 9.13 Å². The van der Waals surface area contributed by atoms with Gasteiger partial charge in [-0.1, -0.05) is 11.6 Å². The fourth-order valence-electron chi connectivity index (χ4n) is 1.62. The summed E-state index contributed by atoms with van der Waals surface area (Å²) in [4.78, 5) is 4.26. The Balaban J connectivity index is 2.29. The van der Waals surface area contributed by atoms with Crippen molar-refractivity contribution in [2.45, 2.75) is 26.4 Å². The van der Waals surface area contributed by atoms with Crippen molar-refractivity contribution in [1.29, 1.82) is 0 Å². The Morgan fingerprint density at radius 1 is 1.24 bits per heavy atom. The van der Waals surface area contributed by atoms with Crippen LogP contribution in [0.15, 0.2) is 30.3 Å². The number of nitrogens with one attached hydrogen (secondary N) is 1. The van der Waals surface area contributed by atoms with Crippen molar-refractivity contribution in [3.8, 4) is 5.88 Å². The van der Waals surface area contributed by atoms with Gasteiger partial charge in [0.1, 0.15) is 17.2 Å². The highest BCUT2D eigenvalue weighted by Crippen LogP contribution is 2.28. The number of aromatic nitrogens is 1. The van der Waals surface area contributed by atoms with Gasteiger partial charge < -0.3 is 15.8 Å². The molecule has 0 radical (unpaired) electrons. The lowest BCUT2D eigenvalue weighted by Crippen LogP contribution is -2.24. The minimum absolute atomic E-state index is 0.237. The largest absolute Gasteiger partial charge is 0.470 e. The molecule has 6 heteroatoms. The lowest BCUT2D eigenvalue weighted by Gasteiger charge is -2.21.